The van der Waals surface area contributed by atoms with Gasteiger partial charge >= 0.3 is 6.18 Å². The molecule has 2 heterocycles. The van der Waals surface area contributed by atoms with E-state index in [0.717, 1.165) is 17.7 Å². The number of oxazole rings is 1. The van der Waals surface area contributed by atoms with Crippen molar-refractivity contribution in [3.63, 3.8) is 0 Å². The number of nitrogens with one attached hydrogen (secondary N) is 1. The molecule has 0 saturated carbocycles. The van der Waals surface area contributed by atoms with Crippen LogP contribution in [-0.2, 0) is 6.18 Å². The average Bonchev–Trinajstić information content (AvgIpc) is 3.25. The first-order valence-corrected chi connectivity index (χ1v) is 10.3. The molecular formula is C25H20F3N3O3. The summed E-state index contributed by atoms with van der Waals surface area (Å²) in [6.45, 7) is 3.46. The van der Waals surface area contributed by atoms with E-state index in [4.69, 9.17) is 4.42 Å². The number of amides is 1. The number of nitrogens with zero attached hydrogens (tertiary/aromatic N) is 2. The summed E-state index contributed by atoms with van der Waals surface area (Å²) < 4.78 is 44.4. The number of halogens is 3. The van der Waals surface area contributed by atoms with Gasteiger partial charge in [-0.25, -0.2) is 9.97 Å². The molecule has 174 valence electrons. The minimum atomic E-state index is -4.70. The monoisotopic (exact) mass is 467 g/mol. The lowest BCUT2D eigenvalue weighted by Crippen LogP contribution is -2.27. The number of benzene rings is 2. The summed E-state index contributed by atoms with van der Waals surface area (Å²) in [4.78, 5) is 20.9. The summed E-state index contributed by atoms with van der Waals surface area (Å²) in [5.74, 6) is -1.27. The van der Waals surface area contributed by atoms with E-state index in [1.807, 2.05) is 37.3 Å². The maximum absolute atomic E-state index is 13.1. The molecule has 2 N–H and O–H groups in total. The number of aromatic hydroxyl groups is 1. The SMILES string of the molecule is Cc1ccc(-c2nc(-c3ccccc3)c(C(=O)N[C@H](C)c3ccc(C(F)(F)F)nc3O)o2)cc1. The zero-order chi connectivity index (χ0) is 24.5. The summed E-state index contributed by atoms with van der Waals surface area (Å²) >= 11 is 0. The average molecular weight is 467 g/mol. The Labute approximate surface area is 193 Å². The van der Waals surface area contributed by atoms with Crippen molar-refractivity contribution in [3.8, 4) is 28.6 Å². The number of aryl methyl sites for hydroxylation is 1. The molecule has 2 aromatic carbocycles. The van der Waals surface area contributed by atoms with E-state index in [2.05, 4.69) is 15.3 Å². The van der Waals surface area contributed by atoms with Crippen molar-refractivity contribution in [2.75, 3.05) is 0 Å². The molecule has 34 heavy (non-hydrogen) atoms. The normalized spacial score (nSPS) is 12.4. The molecule has 4 rings (SSSR count). The standard InChI is InChI=1S/C25H20F3N3O3/c1-14-8-10-17(11-9-14)24-31-20(16-6-4-3-5-7-16)21(34-24)23(33)29-15(2)18-12-13-19(25(26,27)28)30-22(18)32/h3-13,15H,1-2H3,(H,29,33)(H,30,32)/t15-/m1/s1. The molecule has 9 heteroatoms. The Morgan fingerprint density at radius 3 is 2.26 bits per heavy atom. The van der Waals surface area contributed by atoms with Gasteiger partial charge in [0.25, 0.3) is 5.91 Å². The van der Waals surface area contributed by atoms with Gasteiger partial charge in [0.1, 0.15) is 11.4 Å². The molecule has 0 aliphatic rings. The lowest BCUT2D eigenvalue weighted by molar-refractivity contribution is -0.141. The number of carbonyl (C=O) groups excluding carboxylic acids is 1. The highest BCUT2D eigenvalue weighted by atomic mass is 19.4. The molecule has 0 spiro atoms. The van der Waals surface area contributed by atoms with E-state index < -0.39 is 29.7 Å². The minimum Gasteiger partial charge on any atom is -0.493 e. The fraction of sp³-hybridized carbons (Fsp3) is 0.160. The molecule has 0 radical (unpaired) electrons. The van der Waals surface area contributed by atoms with E-state index in [9.17, 15) is 23.1 Å². The highest BCUT2D eigenvalue weighted by molar-refractivity contribution is 5.98. The van der Waals surface area contributed by atoms with Crippen LogP contribution in [0.2, 0.25) is 0 Å². The number of aromatic nitrogens is 2. The maximum atomic E-state index is 13.1. The first kappa shape index (κ1) is 23.0. The molecule has 1 amide bonds. The lowest BCUT2D eigenvalue weighted by Gasteiger charge is -2.16. The van der Waals surface area contributed by atoms with Crippen LogP contribution in [-0.4, -0.2) is 21.0 Å². The Hall–Kier alpha value is -4.14. The molecule has 2 aromatic heterocycles. The van der Waals surface area contributed by atoms with Crippen molar-refractivity contribution in [2.45, 2.75) is 26.1 Å². The Bertz CT molecular complexity index is 1320. The van der Waals surface area contributed by atoms with Crippen LogP contribution < -0.4 is 5.32 Å². The quantitative estimate of drug-likeness (QED) is 0.380. The molecule has 6 nitrogen and oxygen atoms in total. The van der Waals surface area contributed by atoms with Crippen LogP contribution in [0.4, 0.5) is 13.2 Å². The van der Waals surface area contributed by atoms with E-state index in [-0.39, 0.29) is 17.2 Å². The minimum absolute atomic E-state index is 0.0286. The van der Waals surface area contributed by atoms with Gasteiger partial charge in [-0.3, -0.25) is 4.79 Å². The molecule has 1 atom stereocenters. The van der Waals surface area contributed by atoms with Crippen LogP contribution in [0.5, 0.6) is 5.88 Å². The summed E-state index contributed by atoms with van der Waals surface area (Å²) in [5.41, 5.74) is 1.50. The topological polar surface area (TPSA) is 88.2 Å². The molecular weight excluding hydrogens is 447 g/mol. The number of alkyl halides is 3. The lowest BCUT2D eigenvalue weighted by atomic mass is 10.1. The third-order valence-electron chi connectivity index (χ3n) is 5.19. The first-order valence-electron chi connectivity index (χ1n) is 10.3. The molecule has 0 aliphatic carbocycles. The second-order valence-electron chi connectivity index (χ2n) is 7.73. The van der Waals surface area contributed by atoms with Crippen LogP contribution in [0.3, 0.4) is 0 Å². The number of hydrogen-bond acceptors (Lipinski definition) is 5. The summed E-state index contributed by atoms with van der Waals surface area (Å²) in [6.07, 6.45) is -4.70. The molecule has 0 bridgehead atoms. The van der Waals surface area contributed by atoms with Crippen molar-refractivity contribution in [1.82, 2.24) is 15.3 Å². The van der Waals surface area contributed by atoms with Crippen LogP contribution >= 0.6 is 0 Å². The highest BCUT2D eigenvalue weighted by Gasteiger charge is 2.33. The van der Waals surface area contributed by atoms with Gasteiger partial charge in [0.05, 0.1) is 6.04 Å². The molecule has 0 unspecified atom stereocenters. The maximum Gasteiger partial charge on any atom is 0.433 e. The predicted octanol–water partition coefficient (Wildman–Crippen LogP) is 5.93. The van der Waals surface area contributed by atoms with Crippen molar-refractivity contribution < 1.29 is 27.5 Å². The van der Waals surface area contributed by atoms with E-state index in [1.165, 1.54) is 6.92 Å². The number of pyridine rings is 1. The van der Waals surface area contributed by atoms with Gasteiger partial charge in [-0.2, -0.15) is 13.2 Å². The van der Waals surface area contributed by atoms with Crippen molar-refractivity contribution >= 4 is 5.91 Å². The van der Waals surface area contributed by atoms with Crippen molar-refractivity contribution in [2.24, 2.45) is 0 Å². The molecule has 0 fully saturated rings. The van der Waals surface area contributed by atoms with Gasteiger partial charge < -0.3 is 14.8 Å². The third kappa shape index (κ3) is 4.78. The van der Waals surface area contributed by atoms with Crippen LogP contribution in [0.1, 0.15) is 40.3 Å². The molecule has 0 saturated heterocycles. The van der Waals surface area contributed by atoms with E-state index >= 15 is 0 Å². The highest BCUT2D eigenvalue weighted by Crippen LogP contribution is 2.33. The summed E-state index contributed by atoms with van der Waals surface area (Å²) in [7, 11) is 0. The second-order valence-corrected chi connectivity index (χ2v) is 7.73. The Morgan fingerprint density at radius 1 is 0.971 bits per heavy atom. The largest absolute Gasteiger partial charge is 0.493 e. The Kier molecular flexibility index (Phi) is 6.10. The zero-order valence-corrected chi connectivity index (χ0v) is 18.2. The van der Waals surface area contributed by atoms with Gasteiger partial charge in [0.2, 0.25) is 17.5 Å². The number of carbonyl (C=O) groups is 1. The van der Waals surface area contributed by atoms with Crippen molar-refractivity contribution in [3.05, 3.63) is 89.3 Å². The smallest absolute Gasteiger partial charge is 0.433 e. The summed E-state index contributed by atoms with van der Waals surface area (Å²) in [5, 5.41) is 12.7. The number of rotatable bonds is 5. The number of hydrogen-bond donors (Lipinski definition) is 2. The van der Waals surface area contributed by atoms with E-state index in [1.54, 1.807) is 24.3 Å². The van der Waals surface area contributed by atoms with Gasteiger partial charge in [-0.1, -0.05) is 48.0 Å². The van der Waals surface area contributed by atoms with Gasteiger partial charge in [0.15, 0.2) is 0 Å². The fourth-order valence-electron chi connectivity index (χ4n) is 3.38. The zero-order valence-electron chi connectivity index (χ0n) is 18.2. The molecule has 4 aromatic rings. The van der Waals surface area contributed by atoms with Crippen LogP contribution in [0, 0.1) is 6.92 Å². The van der Waals surface area contributed by atoms with Crippen molar-refractivity contribution in [1.29, 1.82) is 0 Å². The Morgan fingerprint density at radius 2 is 1.65 bits per heavy atom. The fourth-order valence-corrected chi connectivity index (χ4v) is 3.38. The Balaban J connectivity index is 1.66. The predicted molar refractivity (Wildman–Crippen MR) is 119 cm³/mol. The van der Waals surface area contributed by atoms with Gasteiger partial charge in [-0.15, -0.1) is 0 Å². The van der Waals surface area contributed by atoms with E-state index in [0.29, 0.717) is 16.8 Å². The second kappa shape index (κ2) is 9.01. The molecule has 0 aliphatic heterocycles. The van der Waals surface area contributed by atoms with Gasteiger partial charge in [-0.05, 0) is 38.1 Å². The van der Waals surface area contributed by atoms with Crippen LogP contribution in [0.15, 0.2) is 71.1 Å². The van der Waals surface area contributed by atoms with Crippen LogP contribution in [0.25, 0.3) is 22.7 Å². The first-order chi connectivity index (χ1) is 16.1. The third-order valence-corrected chi connectivity index (χ3v) is 5.19. The summed E-state index contributed by atoms with van der Waals surface area (Å²) in [6, 6.07) is 17.4. The van der Waals surface area contributed by atoms with Gasteiger partial charge in [0, 0.05) is 16.7 Å².